The first-order valence-electron chi connectivity index (χ1n) is 9.37. The van der Waals surface area contributed by atoms with Crippen molar-refractivity contribution >= 4 is 21.6 Å². The van der Waals surface area contributed by atoms with Crippen LogP contribution in [0.4, 0.5) is 5.69 Å². The molecule has 3 rings (SSSR count). The first-order valence-corrected chi connectivity index (χ1v) is 10.8. The molecule has 0 unspecified atom stereocenters. The molecule has 7 heteroatoms. The van der Waals surface area contributed by atoms with Crippen LogP contribution in [0, 0.1) is 20.8 Å². The van der Waals surface area contributed by atoms with Crippen LogP contribution in [-0.4, -0.2) is 56.8 Å². The van der Waals surface area contributed by atoms with Crippen LogP contribution in [0.5, 0.6) is 0 Å². The molecule has 1 aliphatic rings. The van der Waals surface area contributed by atoms with Crippen LogP contribution < -0.4 is 5.32 Å². The molecule has 0 radical (unpaired) electrons. The molecule has 1 heterocycles. The van der Waals surface area contributed by atoms with Crippen molar-refractivity contribution in [1.82, 2.24) is 9.21 Å². The van der Waals surface area contributed by atoms with Crippen LogP contribution in [0.3, 0.4) is 0 Å². The van der Waals surface area contributed by atoms with Gasteiger partial charge in [-0.3, -0.25) is 4.79 Å². The summed E-state index contributed by atoms with van der Waals surface area (Å²) in [5.74, 6) is -0.301. The number of sulfonamides is 1. The van der Waals surface area contributed by atoms with Crippen molar-refractivity contribution in [2.24, 2.45) is 0 Å². The van der Waals surface area contributed by atoms with Gasteiger partial charge in [-0.1, -0.05) is 24.3 Å². The number of rotatable bonds is 4. The zero-order chi connectivity index (χ0) is 20.5. The minimum atomic E-state index is -3.62. The van der Waals surface area contributed by atoms with Gasteiger partial charge in [0, 0.05) is 37.4 Å². The summed E-state index contributed by atoms with van der Waals surface area (Å²) in [4.78, 5) is 15.2. The number of nitrogens with zero attached hydrogens (tertiary/aromatic N) is 2. The molecule has 150 valence electrons. The number of amides is 1. The molecule has 6 nitrogen and oxygen atoms in total. The minimum Gasteiger partial charge on any atom is -0.321 e. The highest BCUT2D eigenvalue weighted by molar-refractivity contribution is 7.89. The van der Waals surface area contributed by atoms with Gasteiger partial charge < -0.3 is 10.2 Å². The van der Waals surface area contributed by atoms with Gasteiger partial charge in [-0.15, -0.1) is 0 Å². The second-order valence-electron chi connectivity index (χ2n) is 7.41. The molecule has 1 N–H and O–H groups in total. The fraction of sp³-hybridized carbons (Fsp3) is 0.381. The normalized spacial score (nSPS) is 16.1. The molecule has 0 atom stereocenters. The Morgan fingerprint density at radius 3 is 2.14 bits per heavy atom. The minimum absolute atomic E-state index is 0.161. The Labute approximate surface area is 167 Å². The predicted octanol–water partition coefficient (Wildman–Crippen LogP) is 2.80. The number of carbonyl (C=O) groups is 1. The van der Waals surface area contributed by atoms with Crippen LogP contribution in [-0.2, 0) is 10.0 Å². The highest BCUT2D eigenvalue weighted by atomic mass is 32.2. The Hall–Kier alpha value is -2.22. The van der Waals surface area contributed by atoms with E-state index in [9.17, 15) is 13.2 Å². The number of likely N-dealkylation sites (N-methyl/N-ethyl adjacent to an activating group) is 1. The number of carbonyl (C=O) groups excluding carboxylic acids is 1. The molecule has 0 saturated carbocycles. The number of benzene rings is 2. The summed E-state index contributed by atoms with van der Waals surface area (Å²) in [6.07, 6.45) is 0. The van der Waals surface area contributed by atoms with Crippen LogP contribution in [0.2, 0.25) is 0 Å². The summed E-state index contributed by atoms with van der Waals surface area (Å²) < 4.78 is 27.5. The van der Waals surface area contributed by atoms with E-state index < -0.39 is 10.0 Å². The maximum atomic E-state index is 13.0. The average molecular weight is 402 g/mol. The van der Waals surface area contributed by atoms with Crippen LogP contribution in [0.1, 0.15) is 27.0 Å². The molecular formula is C21H27N3O3S. The van der Waals surface area contributed by atoms with Crippen LogP contribution in [0.15, 0.2) is 41.3 Å². The van der Waals surface area contributed by atoms with Crippen molar-refractivity contribution in [3.8, 4) is 0 Å². The van der Waals surface area contributed by atoms with Gasteiger partial charge in [0.25, 0.3) is 5.91 Å². The molecule has 0 spiro atoms. The van der Waals surface area contributed by atoms with Crippen molar-refractivity contribution in [2.45, 2.75) is 25.7 Å². The molecular weight excluding hydrogens is 374 g/mol. The summed E-state index contributed by atoms with van der Waals surface area (Å²) in [6, 6.07) is 10.6. The molecule has 1 aliphatic heterocycles. The van der Waals surface area contributed by atoms with Gasteiger partial charge in [0.1, 0.15) is 0 Å². The van der Waals surface area contributed by atoms with Gasteiger partial charge in [0.05, 0.1) is 4.90 Å². The van der Waals surface area contributed by atoms with E-state index in [0.717, 1.165) is 22.4 Å². The third-order valence-electron chi connectivity index (χ3n) is 5.27. The Morgan fingerprint density at radius 2 is 1.54 bits per heavy atom. The molecule has 1 saturated heterocycles. The fourth-order valence-electron chi connectivity index (χ4n) is 3.38. The van der Waals surface area contributed by atoms with Gasteiger partial charge in [-0.25, -0.2) is 8.42 Å². The van der Waals surface area contributed by atoms with E-state index in [2.05, 4.69) is 10.2 Å². The number of hydrogen-bond donors (Lipinski definition) is 1. The standard InChI is InChI=1S/C21H27N3O3S/c1-15-8-9-18(28(26,27)24-12-10-23(4)11-13-24)14-19(15)21(25)22-20-16(2)6-5-7-17(20)3/h5-9,14H,10-13H2,1-4H3,(H,22,25). The third kappa shape index (κ3) is 4.11. The first-order chi connectivity index (χ1) is 13.2. The predicted molar refractivity (Wildman–Crippen MR) is 111 cm³/mol. The third-order valence-corrected chi connectivity index (χ3v) is 7.17. The quantitative estimate of drug-likeness (QED) is 0.855. The van der Waals surface area contributed by atoms with E-state index in [1.54, 1.807) is 12.1 Å². The summed E-state index contributed by atoms with van der Waals surface area (Å²) in [5.41, 5.74) is 3.80. The van der Waals surface area contributed by atoms with E-state index in [0.29, 0.717) is 31.7 Å². The molecule has 1 amide bonds. The highest BCUT2D eigenvalue weighted by Crippen LogP contribution is 2.24. The Kier molecular flexibility index (Phi) is 5.88. The monoisotopic (exact) mass is 401 g/mol. The van der Waals surface area contributed by atoms with Gasteiger partial charge in [-0.2, -0.15) is 4.31 Å². The number of hydrogen-bond acceptors (Lipinski definition) is 4. The topological polar surface area (TPSA) is 69.7 Å². The maximum Gasteiger partial charge on any atom is 0.255 e. The molecule has 2 aromatic carbocycles. The van der Waals surface area contributed by atoms with Crippen molar-refractivity contribution in [3.05, 3.63) is 58.7 Å². The van der Waals surface area contributed by atoms with Crippen molar-refractivity contribution in [2.75, 3.05) is 38.5 Å². The SMILES string of the molecule is Cc1ccc(S(=O)(=O)N2CCN(C)CC2)cc1C(=O)Nc1c(C)cccc1C. The molecule has 1 fully saturated rings. The van der Waals surface area contributed by atoms with Crippen LogP contribution in [0.25, 0.3) is 0 Å². The number of anilines is 1. The second kappa shape index (κ2) is 8.03. The largest absolute Gasteiger partial charge is 0.321 e. The zero-order valence-electron chi connectivity index (χ0n) is 16.8. The zero-order valence-corrected chi connectivity index (χ0v) is 17.6. The Bertz CT molecular complexity index is 974. The smallest absolute Gasteiger partial charge is 0.255 e. The van der Waals surface area contributed by atoms with Gasteiger partial charge in [0.15, 0.2) is 0 Å². The lowest BCUT2D eigenvalue weighted by Gasteiger charge is -2.31. The molecule has 28 heavy (non-hydrogen) atoms. The van der Waals surface area contributed by atoms with Gasteiger partial charge in [0.2, 0.25) is 10.0 Å². The lowest BCUT2D eigenvalue weighted by molar-refractivity contribution is 0.102. The van der Waals surface area contributed by atoms with Crippen molar-refractivity contribution in [1.29, 1.82) is 0 Å². The molecule has 0 aliphatic carbocycles. The van der Waals surface area contributed by atoms with Crippen molar-refractivity contribution in [3.63, 3.8) is 0 Å². The summed E-state index contributed by atoms with van der Waals surface area (Å²) in [5, 5.41) is 2.95. The number of aryl methyl sites for hydroxylation is 3. The van der Waals surface area contributed by atoms with Crippen molar-refractivity contribution < 1.29 is 13.2 Å². The first kappa shape index (κ1) is 20.5. The van der Waals surface area contributed by atoms with E-state index in [1.165, 1.54) is 10.4 Å². The summed E-state index contributed by atoms with van der Waals surface area (Å²) in [7, 11) is -1.64. The van der Waals surface area contributed by atoms with E-state index >= 15 is 0 Å². The van der Waals surface area contributed by atoms with E-state index in [4.69, 9.17) is 0 Å². The molecule has 0 aromatic heterocycles. The molecule has 2 aromatic rings. The second-order valence-corrected chi connectivity index (χ2v) is 9.34. The van der Waals surface area contributed by atoms with Crippen LogP contribution >= 0.6 is 0 Å². The Morgan fingerprint density at radius 1 is 0.929 bits per heavy atom. The van der Waals surface area contributed by atoms with Gasteiger partial charge in [-0.05, 0) is 56.6 Å². The maximum absolute atomic E-state index is 13.0. The number of piperazine rings is 1. The van der Waals surface area contributed by atoms with E-state index in [1.807, 2.05) is 46.0 Å². The summed E-state index contributed by atoms with van der Waals surface area (Å²) in [6.45, 7) is 7.99. The summed E-state index contributed by atoms with van der Waals surface area (Å²) >= 11 is 0. The molecule has 0 bridgehead atoms. The lowest BCUT2D eigenvalue weighted by atomic mass is 10.1. The highest BCUT2D eigenvalue weighted by Gasteiger charge is 2.28. The number of para-hydroxylation sites is 1. The average Bonchev–Trinajstić information content (AvgIpc) is 2.65. The fourth-order valence-corrected chi connectivity index (χ4v) is 4.83. The van der Waals surface area contributed by atoms with E-state index in [-0.39, 0.29) is 10.8 Å². The lowest BCUT2D eigenvalue weighted by Crippen LogP contribution is -2.47. The Balaban J connectivity index is 1.90. The number of nitrogens with one attached hydrogen (secondary N) is 1. The van der Waals surface area contributed by atoms with Gasteiger partial charge >= 0.3 is 0 Å².